The van der Waals surface area contributed by atoms with E-state index >= 15 is 0 Å². The van der Waals surface area contributed by atoms with Gasteiger partial charge < -0.3 is 10.1 Å². The molecular weight excluding hydrogens is 546 g/mol. The minimum absolute atomic E-state index is 0.0782. The maximum atomic E-state index is 13.7. The Bertz CT molecular complexity index is 1140. The first-order chi connectivity index (χ1) is 16.8. The SMILES string of the molecule is COC(=O)c1ccc(Br)cc1-c1ccc(C=C([Si](C)(C)C)[Si](C)(C)C)cc1C(=O)NC1CCCCC1. The van der Waals surface area contributed by atoms with Crippen LogP contribution in [-0.4, -0.2) is 41.2 Å². The molecule has 194 valence electrons. The number of esters is 1. The molecule has 0 bridgehead atoms. The smallest absolute Gasteiger partial charge is 0.338 e. The molecule has 1 aliphatic carbocycles. The molecule has 2 aromatic carbocycles. The molecule has 4 nitrogen and oxygen atoms in total. The van der Waals surface area contributed by atoms with Crippen molar-refractivity contribution in [2.24, 2.45) is 0 Å². The Labute approximate surface area is 227 Å². The molecule has 0 spiro atoms. The Morgan fingerprint density at radius 3 is 2.11 bits per heavy atom. The molecule has 0 saturated heterocycles. The van der Waals surface area contributed by atoms with Gasteiger partial charge in [-0.15, -0.1) is 0 Å². The molecule has 0 heterocycles. The lowest BCUT2D eigenvalue weighted by Gasteiger charge is -2.31. The van der Waals surface area contributed by atoms with Crippen molar-refractivity contribution in [1.82, 2.24) is 5.32 Å². The normalized spacial score (nSPS) is 14.8. The highest BCUT2D eigenvalue weighted by Crippen LogP contribution is 2.34. The summed E-state index contributed by atoms with van der Waals surface area (Å²) in [4.78, 5) is 27.9. The molecule has 1 saturated carbocycles. The Balaban J connectivity index is 2.19. The van der Waals surface area contributed by atoms with Crippen LogP contribution in [0.5, 0.6) is 0 Å². The number of nitrogens with one attached hydrogen (secondary N) is 1. The Morgan fingerprint density at radius 1 is 0.889 bits per heavy atom. The van der Waals surface area contributed by atoms with Crippen LogP contribution in [0.4, 0.5) is 0 Å². The van der Waals surface area contributed by atoms with Gasteiger partial charge in [-0.25, -0.2) is 4.79 Å². The first kappa shape index (κ1) is 28.6. The standard InChI is InChI=1S/C29H40BrNO3Si2/c1-34-29(33)24-16-14-21(30)19-25(24)23-15-13-20(18-27(35(2,3)4)36(5,6)7)17-26(23)28(32)31-22-11-9-8-10-12-22/h13-19,22H,8-12H2,1-7H3,(H,31,32). The lowest BCUT2D eigenvalue weighted by atomic mass is 9.92. The second-order valence-electron chi connectivity index (χ2n) is 11.9. The molecule has 0 radical (unpaired) electrons. The van der Waals surface area contributed by atoms with Gasteiger partial charge >= 0.3 is 5.97 Å². The van der Waals surface area contributed by atoms with Gasteiger partial charge in [0.15, 0.2) is 0 Å². The fourth-order valence-electron chi connectivity index (χ4n) is 5.34. The molecule has 7 heteroatoms. The average Bonchev–Trinajstić information content (AvgIpc) is 2.81. The first-order valence-electron chi connectivity index (χ1n) is 12.9. The Hall–Kier alpha value is -1.97. The number of halogens is 1. The maximum Gasteiger partial charge on any atom is 0.338 e. The molecule has 36 heavy (non-hydrogen) atoms. The summed E-state index contributed by atoms with van der Waals surface area (Å²) in [5.74, 6) is -0.495. The summed E-state index contributed by atoms with van der Waals surface area (Å²) in [5, 5.41) is 3.29. The van der Waals surface area contributed by atoms with Crippen molar-refractivity contribution in [3.05, 3.63) is 62.4 Å². The summed E-state index contributed by atoms with van der Waals surface area (Å²) in [6, 6.07) is 11.7. The predicted octanol–water partition coefficient (Wildman–Crippen LogP) is 8.10. The van der Waals surface area contributed by atoms with E-state index < -0.39 is 22.1 Å². The monoisotopic (exact) mass is 585 g/mol. The van der Waals surface area contributed by atoms with Crippen molar-refractivity contribution in [1.29, 1.82) is 0 Å². The zero-order chi connectivity index (χ0) is 26.7. The van der Waals surface area contributed by atoms with Crippen LogP contribution in [0, 0.1) is 0 Å². The molecular formula is C29H40BrNO3Si2. The fourth-order valence-corrected chi connectivity index (χ4v) is 15.9. The van der Waals surface area contributed by atoms with Crippen molar-refractivity contribution >= 4 is 50.0 Å². The average molecular weight is 587 g/mol. The molecule has 3 rings (SSSR count). The van der Waals surface area contributed by atoms with E-state index in [0.29, 0.717) is 16.7 Å². The van der Waals surface area contributed by atoms with E-state index in [2.05, 4.69) is 72.7 Å². The van der Waals surface area contributed by atoms with Crippen LogP contribution in [0.3, 0.4) is 0 Å². The van der Waals surface area contributed by atoms with Gasteiger partial charge in [0.25, 0.3) is 5.91 Å². The van der Waals surface area contributed by atoms with Gasteiger partial charge in [-0.05, 0) is 53.8 Å². The second-order valence-corrected chi connectivity index (χ2v) is 23.3. The van der Waals surface area contributed by atoms with Gasteiger partial charge in [0.2, 0.25) is 0 Å². The molecule has 0 aliphatic heterocycles. The summed E-state index contributed by atoms with van der Waals surface area (Å²) >= 11 is 3.54. The van der Waals surface area contributed by atoms with Crippen molar-refractivity contribution < 1.29 is 14.3 Å². The van der Waals surface area contributed by atoms with E-state index in [-0.39, 0.29) is 11.9 Å². The highest BCUT2D eigenvalue weighted by Gasteiger charge is 2.31. The van der Waals surface area contributed by atoms with E-state index in [9.17, 15) is 9.59 Å². The van der Waals surface area contributed by atoms with Crippen LogP contribution in [0.1, 0.15) is 58.4 Å². The Kier molecular flexibility index (Phi) is 9.22. The van der Waals surface area contributed by atoms with Gasteiger partial charge in [0.05, 0.1) is 28.8 Å². The molecule has 1 amide bonds. The van der Waals surface area contributed by atoms with Gasteiger partial charge in [-0.2, -0.15) is 0 Å². The van der Waals surface area contributed by atoms with E-state index in [1.807, 2.05) is 24.3 Å². The van der Waals surface area contributed by atoms with Gasteiger partial charge in [-0.1, -0.05) is 97.5 Å². The maximum absolute atomic E-state index is 13.7. The van der Waals surface area contributed by atoms with Gasteiger partial charge in [0.1, 0.15) is 0 Å². The lowest BCUT2D eigenvalue weighted by molar-refractivity contribution is 0.0601. The molecule has 0 unspecified atom stereocenters. The topological polar surface area (TPSA) is 55.4 Å². The van der Waals surface area contributed by atoms with Crippen LogP contribution in [-0.2, 0) is 4.74 Å². The summed E-state index contributed by atoms with van der Waals surface area (Å²) in [6.07, 6.45) is 7.89. The second kappa shape index (κ2) is 11.6. The number of rotatable bonds is 7. The third kappa shape index (κ3) is 7.08. The molecule has 1 N–H and O–H groups in total. The minimum Gasteiger partial charge on any atom is -0.465 e. The van der Waals surface area contributed by atoms with Crippen LogP contribution in [0.2, 0.25) is 39.3 Å². The van der Waals surface area contributed by atoms with Crippen molar-refractivity contribution in [2.75, 3.05) is 7.11 Å². The molecule has 1 aliphatic rings. The van der Waals surface area contributed by atoms with Crippen LogP contribution in [0.15, 0.2) is 45.7 Å². The number of ether oxygens (including phenoxy) is 1. The number of amides is 1. The number of carbonyl (C=O) groups excluding carboxylic acids is 2. The molecule has 2 aromatic rings. The zero-order valence-electron chi connectivity index (χ0n) is 22.8. The third-order valence-corrected chi connectivity index (χ3v) is 15.3. The summed E-state index contributed by atoms with van der Waals surface area (Å²) in [6.45, 7) is 14.4. The van der Waals surface area contributed by atoms with Crippen molar-refractivity contribution in [3.8, 4) is 11.1 Å². The van der Waals surface area contributed by atoms with Gasteiger partial charge in [-0.3, -0.25) is 4.79 Å². The summed E-state index contributed by atoms with van der Waals surface area (Å²) in [5.41, 5.74) is 3.52. The van der Waals surface area contributed by atoms with Crippen LogP contribution in [0.25, 0.3) is 17.2 Å². The van der Waals surface area contributed by atoms with Gasteiger partial charge in [0, 0.05) is 16.1 Å². The molecule has 0 atom stereocenters. The van der Waals surface area contributed by atoms with Crippen molar-refractivity contribution in [3.63, 3.8) is 0 Å². The van der Waals surface area contributed by atoms with Crippen LogP contribution < -0.4 is 5.32 Å². The number of benzene rings is 2. The van der Waals surface area contributed by atoms with E-state index in [0.717, 1.165) is 41.3 Å². The Morgan fingerprint density at radius 2 is 1.53 bits per heavy atom. The van der Waals surface area contributed by atoms with E-state index in [4.69, 9.17) is 4.74 Å². The zero-order valence-corrected chi connectivity index (χ0v) is 26.3. The molecule has 0 aromatic heterocycles. The minimum atomic E-state index is -1.54. The number of hydrogen-bond acceptors (Lipinski definition) is 3. The van der Waals surface area contributed by atoms with E-state index in [1.54, 1.807) is 10.9 Å². The summed E-state index contributed by atoms with van der Waals surface area (Å²) < 4.78 is 5.90. The fraction of sp³-hybridized carbons (Fsp3) is 0.448. The predicted molar refractivity (Wildman–Crippen MR) is 160 cm³/mol. The number of carbonyl (C=O) groups is 2. The quantitative estimate of drug-likeness (QED) is 0.263. The summed E-state index contributed by atoms with van der Waals surface area (Å²) in [7, 11) is -1.70. The lowest BCUT2D eigenvalue weighted by Crippen LogP contribution is -2.39. The molecule has 1 fully saturated rings. The third-order valence-electron chi connectivity index (χ3n) is 6.83. The number of hydrogen-bond donors (Lipinski definition) is 1. The number of methoxy groups -OCH3 is 1. The van der Waals surface area contributed by atoms with E-state index in [1.165, 1.54) is 13.5 Å². The highest BCUT2D eigenvalue weighted by molar-refractivity contribution is 9.10. The largest absolute Gasteiger partial charge is 0.465 e. The van der Waals surface area contributed by atoms with Crippen molar-refractivity contribution in [2.45, 2.75) is 77.4 Å². The highest BCUT2D eigenvalue weighted by atomic mass is 79.9. The first-order valence-corrected chi connectivity index (χ1v) is 20.7. The van der Waals surface area contributed by atoms with Crippen LogP contribution >= 0.6 is 15.9 Å².